The smallest absolute Gasteiger partial charge is 0.362 e. The maximum Gasteiger partial charge on any atom is 0.362 e. The molecule has 2 heterocycles. The Morgan fingerprint density at radius 1 is 0.727 bits per heavy atom. The van der Waals surface area contributed by atoms with Crippen LogP contribution in [-0.2, 0) is 23.7 Å². The molecule has 0 spiro atoms. The van der Waals surface area contributed by atoms with E-state index in [0.29, 0.717) is 0 Å². The van der Waals surface area contributed by atoms with E-state index in [1.807, 2.05) is 0 Å². The minimum atomic E-state index is -1.44. The third-order valence-electron chi connectivity index (χ3n) is 6.70. The molecule has 0 N–H and O–H groups in total. The first kappa shape index (κ1) is 29.9. The SMILES string of the molecule is COC(=O)c1nccn([C@@H]2O[C@H](COC(=O)c3ccccc3)[C@@H](OC(=O)c3ccccc3)[C@H]2OC(=O)c2ccccc2)c1=O. The highest BCUT2D eigenvalue weighted by molar-refractivity contribution is 5.91. The number of hydrogen-bond acceptors (Lipinski definition) is 11. The Kier molecular flexibility index (Phi) is 9.21. The summed E-state index contributed by atoms with van der Waals surface area (Å²) in [6, 6.07) is 24.3. The van der Waals surface area contributed by atoms with Crippen LogP contribution in [0.25, 0.3) is 0 Å². The first-order chi connectivity index (χ1) is 21.4. The van der Waals surface area contributed by atoms with Crippen molar-refractivity contribution in [1.82, 2.24) is 9.55 Å². The van der Waals surface area contributed by atoms with Crippen molar-refractivity contribution in [3.63, 3.8) is 0 Å². The van der Waals surface area contributed by atoms with Crippen molar-refractivity contribution in [2.45, 2.75) is 24.5 Å². The van der Waals surface area contributed by atoms with Crippen molar-refractivity contribution in [1.29, 1.82) is 0 Å². The standard InChI is InChI=1S/C32H26N2O10/c1-40-32(39)24-27(35)34(18-17-33-24)28-26(44-31(38)22-15-9-4-10-16-22)25(43-30(37)21-13-7-3-8-14-21)23(42-28)19-41-29(36)20-11-5-2-6-12-20/h2-18,23,25-26,28H,19H2,1H3/t23-,25-,26-,28-/m1/s1. The van der Waals surface area contributed by atoms with Crippen LogP contribution >= 0.6 is 0 Å². The van der Waals surface area contributed by atoms with E-state index in [1.165, 1.54) is 36.7 Å². The molecular weight excluding hydrogens is 572 g/mol. The van der Waals surface area contributed by atoms with E-state index < -0.39 is 66.3 Å². The summed E-state index contributed by atoms with van der Waals surface area (Å²) in [7, 11) is 1.09. The lowest BCUT2D eigenvalue weighted by Crippen LogP contribution is -2.42. The molecule has 4 aromatic rings. The van der Waals surface area contributed by atoms with Gasteiger partial charge in [-0.3, -0.25) is 9.36 Å². The van der Waals surface area contributed by atoms with Crippen molar-refractivity contribution in [2.24, 2.45) is 0 Å². The first-order valence-electron chi connectivity index (χ1n) is 13.4. The van der Waals surface area contributed by atoms with Gasteiger partial charge in [-0.2, -0.15) is 0 Å². The van der Waals surface area contributed by atoms with Crippen LogP contribution in [0.4, 0.5) is 0 Å². The summed E-state index contributed by atoms with van der Waals surface area (Å²) < 4.78 is 28.9. The summed E-state index contributed by atoms with van der Waals surface area (Å²) in [5.74, 6) is -3.27. The molecule has 3 aromatic carbocycles. The molecule has 1 saturated heterocycles. The van der Waals surface area contributed by atoms with E-state index in [1.54, 1.807) is 66.7 Å². The molecule has 1 aliphatic heterocycles. The molecule has 1 fully saturated rings. The molecule has 12 nitrogen and oxygen atoms in total. The number of benzene rings is 3. The second-order valence-electron chi connectivity index (χ2n) is 9.48. The average Bonchev–Trinajstić information content (AvgIpc) is 3.40. The second-order valence-corrected chi connectivity index (χ2v) is 9.48. The second kappa shape index (κ2) is 13.6. The van der Waals surface area contributed by atoms with Gasteiger partial charge in [0.05, 0.1) is 23.8 Å². The van der Waals surface area contributed by atoms with Crippen LogP contribution in [0.15, 0.2) is 108 Å². The third kappa shape index (κ3) is 6.55. The molecule has 1 aromatic heterocycles. The predicted octanol–water partition coefficient (Wildman–Crippen LogP) is 3.24. The molecule has 4 atom stereocenters. The third-order valence-corrected chi connectivity index (χ3v) is 6.70. The summed E-state index contributed by atoms with van der Waals surface area (Å²) in [4.78, 5) is 68.7. The number of hydrogen-bond donors (Lipinski definition) is 0. The topological polar surface area (TPSA) is 149 Å². The van der Waals surface area contributed by atoms with E-state index >= 15 is 0 Å². The molecule has 0 saturated carbocycles. The van der Waals surface area contributed by atoms with Gasteiger partial charge in [0.25, 0.3) is 5.56 Å². The number of carbonyl (C=O) groups excluding carboxylic acids is 4. The molecular formula is C32H26N2O10. The molecule has 12 heteroatoms. The summed E-state index contributed by atoms with van der Waals surface area (Å²) in [6.45, 7) is -0.444. The van der Waals surface area contributed by atoms with E-state index in [0.717, 1.165) is 11.7 Å². The molecule has 0 bridgehead atoms. The van der Waals surface area contributed by atoms with Gasteiger partial charge in [0, 0.05) is 12.4 Å². The van der Waals surface area contributed by atoms with Crippen LogP contribution < -0.4 is 5.56 Å². The van der Waals surface area contributed by atoms with Gasteiger partial charge >= 0.3 is 23.9 Å². The fourth-order valence-electron chi connectivity index (χ4n) is 4.54. The molecule has 0 unspecified atom stereocenters. The highest BCUT2D eigenvalue weighted by Crippen LogP contribution is 2.35. The molecule has 1 aliphatic rings. The molecule has 0 aliphatic carbocycles. The number of carbonyl (C=O) groups is 4. The average molecular weight is 599 g/mol. The number of nitrogens with zero attached hydrogens (tertiary/aromatic N) is 2. The highest BCUT2D eigenvalue weighted by atomic mass is 16.7. The summed E-state index contributed by atoms with van der Waals surface area (Å²) in [5, 5.41) is 0. The number of rotatable bonds is 9. The van der Waals surface area contributed by atoms with Crippen molar-refractivity contribution < 1.29 is 42.9 Å². The van der Waals surface area contributed by atoms with Crippen LogP contribution in [0.5, 0.6) is 0 Å². The number of aromatic nitrogens is 2. The number of ether oxygens (including phenoxy) is 5. The molecule has 224 valence electrons. The van der Waals surface area contributed by atoms with E-state index in [-0.39, 0.29) is 16.7 Å². The lowest BCUT2D eigenvalue weighted by atomic mass is 10.1. The Balaban J connectivity index is 1.53. The molecule has 0 amide bonds. The van der Waals surface area contributed by atoms with Crippen LogP contribution in [0.2, 0.25) is 0 Å². The largest absolute Gasteiger partial charge is 0.464 e. The fraction of sp³-hybridized carbons (Fsp3) is 0.188. The summed E-state index contributed by atoms with van der Waals surface area (Å²) in [5.41, 5.74) is -0.836. The van der Waals surface area contributed by atoms with Crippen LogP contribution in [0.3, 0.4) is 0 Å². The quantitative estimate of drug-likeness (QED) is 0.206. The Labute approximate surface area is 250 Å². The number of methoxy groups -OCH3 is 1. The van der Waals surface area contributed by atoms with Gasteiger partial charge in [-0.05, 0) is 36.4 Å². The van der Waals surface area contributed by atoms with Crippen LogP contribution in [0, 0.1) is 0 Å². The minimum Gasteiger partial charge on any atom is -0.464 e. The first-order valence-corrected chi connectivity index (χ1v) is 13.4. The van der Waals surface area contributed by atoms with Crippen molar-refractivity contribution in [3.8, 4) is 0 Å². The zero-order valence-corrected chi connectivity index (χ0v) is 23.3. The van der Waals surface area contributed by atoms with Crippen molar-refractivity contribution in [3.05, 3.63) is 136 Å². The maximum atomic E-state index is 13.4. The Bertz CT molecular complexity index is 1690. The normalized spacial score (nSPS) is 19.0. The Morgan fingerprint density at radius 3 is 1.75 bits per heavy atom. The predicted molar refractivity (Wildman–Crippen MR) is 152 cm³/mol. The fourth-order valence-corrected chi connectivity index (χ4v) is 4.54. The van der Waals surface area contributed by atoms with Gasteiger partial charge < -0.3 is 23.7 Å². The van der Waals surface area contributed by atoms with E-state index in [2.05, 4.69) is 9.72 Å². The van der Waals surface area contributed by atoms with Crippen LogP contribution in [-0.4, -0.2) is 65.5 Å². The van der Waals surface area contributed by atoms with Gasteiger partial charge in [0.1, 0.15) is 12.7 Å². The number of esters is 4. The van der Waals surface area contributed by atoms with Gasteiger partial charge in [-0.1, -0.05) is 54.6 Å². The maximum absolute atomic E-state index is 13.4. The van der Waals surface area contributed by atoms with E-state index in [4.69, 9.17) is 18.9 Å². The zero-order valence-electron chi connectivity index (χ0n) is 23.3. The monoisotopic (exact) mass is 598 g/mol. The van der Waals surface area contributed by atoms with Gasteiger partial charge in [-0.25, -0.2) is 24.2 Å². The van der Waals surface area contributed by atoms with Gasteiger partial charge in [0.15, 0.2) is 18.4 Å². The Morgan fingerprint density at radius 2 is 1.23 bits per heavy atom. The molecule has 5 rings (SSSR count). The van der Waals surface area contributed by atoms with Crippen molar-refractivity contribution >= 4 is 23.9 Å². The molecule has 0 radical (unpaired) electrons. The lowest BCUT2D eigenvalue weighted by molar-refractivity contribution is -0.0636. The summed E-state index contributed by atoms with van der Waals surface area (Å²) in [6.07, 6.45) is -3.07. The van der Waals surface area contributed by atoms with Crippen molar-refractivity contribution in [2.75, 3.05) is 13.7 Å². The summed E-state index contributed by atoms with van der Waals surface area (Å²) >= 11 is 0. The van der Waals surface area contributed by atoms with Crippen LogP contribution in [0.1, 0.15) is 47.8 Å². The van der Waals surface area contributed by atoms with Gasteiger partial charge in [-0.15, -0.1) is 0 Å². The highest BCUT2D eigenvalue weighted by Gasteiger charge is 2.52. The minimum absolute atomic E-state index is 0.177. The lowest BCUT2D eigenvalue weighted by Gasteiger charge is -2.25. The zero-order chi connectivity index (χ0) is 31.1. The van der Waals surface area contributed by atoms with Gasteiger partial charge in [0.2, 0.25) is 5.69 Å². The van der Waals surface area contributed by atoms with E-state index in [9.17, 15) is 24.0 Å². The molecule has 44 heavy (non-hydrogen) atoms. The Hall–Kier alpha value is -5.62.